The van der Waals surface area contributed by atoms with E-state index in [0.717, 1.165) is 12.8 Å². The smallest absolute Gasteiger partial charge is 0.137 e. The SMILES string of the molecule is CCCC#CCC(Cn1cncn1)(OC)C(C)(C)C. The number of aromatic nitrogens is 3. The predicted octanol–water partition coefficient (Wildman–Crippen LogP) is 2.90. The summed E-state index contributed by atoms with van der Waals surface area (Å²) in [5, 5.41) is 4.18. The van der Waals surface area contributed by atoms with Crippen molar-refractivity contribution in [1.29, 1.82) is 0 Å². The Balaban J connectivity index is 2.92. The first-order valence-corrected chi connectivity index (χ1v) is 6.78. The van der Waals surface area contributed by atoms with Gasteiger partial charge < -0.3 is 4.74 Å². The van der Waals surface area contributed by atoms with E-state index in [1.54, 1.807) is 19.8 Å². The molecule has 1 rings (SSSR count). The van der Waals surface area contributed by atoms with Crippen molar-refractivity contribution in [3.63, 3.8) is 0 Å². The van der Waals surface area contributed by atoms with Gasteiger partial charge in [0.05, 0.1) is 6.54 Å². The van der Waals surface area contributed by atoms with Gasteiger partial charge >= 0.3 is 0 Å². The first-order chi connectivity index (χ1) is 8.95. The van der Waals surface area contributed by atoms with Crippen LogP contribution in [-0.2, 0) is 11.3 Å². The zero-order valence-corrected chi connectivity index (χ0v) is 12.7. The minimum absolute atomic E-state index is 0.0331. The third-order valence-electron chi connectivity index (χ3n) is 3.52. The lowest BCUT2D eigenvalue weighted by atomic mass is 9.74. The zero-order chi connectivity index (χ0) is 14.4. The van der Waals surface area contributed by atoms with Crippen LogP contribution in [0, 0.1) is 17.3 Å². The Labute approximate surface area is 116 Å². The number of methoxy groups -OCH3 is 1. The van der Waals surface area contributed by atoms with E-state index in [2.05, 4.69) is 49.6 Å². The Morgan fingerprint density at radius 3 is 2.47 bits per heavy atom. The molecule has 0 saturated heterocycles. The van der Waals surface area contributed by atoms with Crippen molar-refractivity contribution in [3.8, 4) is 11.8 Å². The number of rotatable bonds is 5. The molecule has 106 valence electrons. The third kappa shape index (κ3) is 4.07. The van der Waals surface area contributed by atoms with Crippen molar-refractivity contribution in [2.24, 2.45) is 5.41 Å². The topological polar surface area (TPSA) is 39.9 Å². The van der Waals surface area contributed by atoms with Crippen LogP contribution in [0.15, 0.2) is 12.7 Å². The van der Waals surface area contributed by atoms with E-state index < -0.39 is 0 Å². The zero-order valence-electron chi connectivity index (χ0n) is 12.7. The van der Waals surface area contributed by atoms with Crippen molar-refractivity contribution in [2.45, 2.75) is 59.1 Å². The fourth-order valence-corrected chi connectivity index (χ4v) is 2.00. The van der Waals surface area contributed by atoms with E-state index in [4.69, 9.17) is 4.74 Å². The Morgan fingerprint density at radius 1 is 1.26 bits per heavy atom. The van der Waals surface area contributed by atoms with Gasteiger partial charge in [0, 0.05) is 20.0 Å². The van der Waals surface area contributed by atoms with Crippen LogP contribution in [0.25, 0.3) is 0 Å². The molecule has 0 aliphatic heterocycles. The molecule has 0 radical (unpaired) electrons. The summed E-state index contributed by atoms with van der Waals surface area (Å²) in [5.41, 5.74) is -0.393. The van der Waals surface area contributed by atoms with Gasteiger partial charge in [0.1, 0.15) is 18.3 Å². The van der Waals surface area contributed by atoms with Gasteiger partial charge in [-0.05, 0) is 11.8 Å². The molecule has 0 aliphatic rings. The van der Waals surface area contributed by atoms with Crippen LogP contribution in [0.1, 0.15) is 47.0 Å². The number of hydrogen-bond donors (Lipinski definition) is 0. The lowest BCUT2D eigenvalue weighted by molar-refractivity contribution is -0.102. The third-order valence-corrected chi connectivity index (χ3v) is 3.52. The van der Waals surface area contributed by atoms with Crippen molar-refractivity contribution in [3.05, 3.63) is 12.7 Å². The maximum atomic E-state index is 5.86. The van der Waals surface area contributed by atoms with Crippen LogP contribution in [0.3, 0.4) is 0 Å². The maximum absolute atomic E-state index is 5.86. The van der Waals surface area contributed by atoms with Gasteiger partial charge in [0.15, 0.2) is 0 Å². The van der Waals surface area contributed by atoms with E-state index in [9.17, 15) is 0 Å². The predicted molar refractivity (Wildman–Crippen MR) is 76.5 cm³/mol. The number of unbranched alkanes of at least 4 members (excludes halogenated alkanes) is 1. The summed E-state index contributed by atoms with van der Waals surface area (Å²) in [4.78, 5) is 3.99. The molecule has 0 spiro atoms. The standard InChI is InChI=1S/C15H25N3O/c1-6-7-8-9-10-15(19-5,14(2,3)4)11-18-13-16-12-17-18/h12-13H,6-7,10-11H2,1-5H3. The highest BCUT2D eigenvalue weighted by Gasteiger charge is 2.42. The summed E-state index contributed by atoms with van der Waals surface area (Å²) in [5.74, 6) is 6.46. The molecule has 1 atom stereocenters. The molecule has 0 aromatic carbocycles. The molecule has 1 heterocycles. The summed E-state index contributed by atoms with van der Waals surface area (Å²) < 4.78 is 7.68. The highest BCUT2D eigenvalue weighted by Crippen LogP contribution is 2.37. The molecule has 0 saturated carbocycles. The van der Waals surface area contributed by atoms with E-state index in [0.29, 0.717) is 13.0 Å². The van der Waals surface area contributed by atoms with Crippen molar-refractivity contribution in [2.75, 3.05) is 7.11 Å². The quantitative estimate of drug-likeness (QED) is 0.767. The fourth-order valence-electron chi connectivity index (χ4n) is 2.00. The fraction of sp³-hybridized carbons (Fsp3) is 0.733. The van der Waals surface area contributed by atoms with Crippen molar-refractivity contribution >= 4 is 0 Å². The van der Waals surface area contributed by atoms with E-state index in [1.807, 2.05) is 4.68 Å². The molecule has 0 N–H and O–H groups in total. The molecule has 4 nitrogen and oxygen atoms in total. The second-order valence-corrected chi connectivity index (χ2v) is 5.82. The molecule has 1 unspecified atom stereocenters. The summed E-state index contributed by atoms with van der Waals surface area (Å²) >= 11 is 0. The van der Waals surface area contributed by atoms with E-state index >= 15 is 0 Å². The normalized spacial score (nSPS) is 14.6. The summed E-state index contributed by atoms with van der Waals surface area (Å²) in [6.45, 7) is 9.32. The molecule has 19 heavy (non-hydrogen) atoms. The number of ether oxygens (including phenoxy) is 1. The second-order valence-electron chi connectivity index (χ2n) is 5.82. The van der Waals surface area contributed by atoms with E-state index in [-0.39, 0.29) is 11.0 Å². The van der Waals surface area contributed by atoms with Gasteiger partial charge in [-0.1, -0.05) is 27.7 Å². The molecule has 0 fully saturated rings. The van der Waals surface area contributed by atoms with Crippen LogP contribution in [-0.4, -0.2) is 27.5 Å². The summed E-state index contributed by atoms with van der Waals surface area (Å²) in [6, 6.07) is 0. The Morgan fingerprint density at radius 2 is 2.00 bits per heavy atom. The molecule has 1 aromatic rings. The molecular formula is C15H25N3O. The first-order valence-electron chi connectivity index (χ1n) is 6.78. The highest BCUT2D eigenvalue weighted by molar-refractivity contribution is 5.07. The molecule has 0 bridgehead atoms. The number of nitrogens with zero attached hydrogens (tertiary/aromatic N) is 3. The van der Waals surface area contributed by atoms with Crippen LogP contribution < -0.4 is 0 Å². The highest BCUT2D eigenvalue weighted by atomic mass is 16.5. The van der Waals surface area contributed by atoms with Gasteiger partial charge in [-0.25, -0.2) is 4.98 Å². The van der Waals surface area contributed by atoms with E-state index in [1.165, 1.54) is 0 Å². The minimum Gasteiger partial charge on any atom is -0.375 e. The number of hydrogen-bond acceptors (Lipinski definition) is 3. The van der Waals surface area contributed by atoms with Crippen LogP contribution in [0.4, 0.5) is 0 Å². The second kappa shape index (κ2) is 6.72. The molecule has 0 aliphatic carbocycles. The largest absolute Gasteiger partial charge is 0.375 e. The average molecular weight is 263 g/mol. The Hall–Kier alpha value is -1.34. The van der Waals surface area contributed by atoms with Crippen LogP contribution >= 0.6 is 0 Å². The van der Waals surface area contributed by atoms with Crippen LogP contribution in [0.2, 0.25) is 0 Å². The van der Waals surface area contributed by atoms with Crippen molar-refractivity contribution < 1.29 is 4.74 Å². The van der Waals surface area contributed by atoms with Crippen molar-refractivity contribution in [1.82, 2.24) is 14.8 Å². The first kappa shape index (κ1) is 15.7. The van der Waals surface area contributed by atoms with Gasteiger partial charge in [0.25, 0.3) is 0 Å². The maximum Gasteiger partial charge on any atom is 0.137 e. The average Bonchev–Trinajstić information content (AvgIpc) is 2.84. The van der Waals surface area contributed by atoms with Gasteiger partial charge in [-0.3, -0.25) is 4.68 Å². The summed E-state index contributed by atoms with van der Waals surface area (Å²) in [6.07, 6.45) is 6.00. The molecule has 0 amide bonds. The molecule has 4 heteroatoms. The monoisotopic (exact) mass is 263 g/mol. The summed E-state index contributed by atoms with van der Waals surface area (Å²) in [7, 11) is 1.75. The lowest BCUT2D eigenvalue weighted by Crippen LogP contribution is -2.48. The molecular weight excluding hydrogens is 238 g/mol. The minimum atomic E-state index is -0.360. The Bertz CT molecular complexity index is 422. The lowest BCUT2D eigenvalue weighted by Gasteiger charge is -2.42. The molecule has 1 aromatic heterocycles. The Kier molecular flexibility index (Phi) is 5.56. The van der Waals surface area contributed by atoms with Gasteiger partial charge in [-0.15, -0.1) is 11.8 Å². The van der Waals surface area contributed by atoms with Crippen LogP contribution in [0.5, 0.6) is 0 Å². The van der Waals surface area contributed by atoms with Gasteiger partial charge in [-0.2, -0.15) is 5.10 Å². The van der Waals surface area contributed by atoms with Gasteiger partial charge in [0.2, 0.25) is 0 Å².